The van der Waals surface area contributed by atoms with Gasteiger partial charge in [0, 0.05) is 5.56 Å². The summed E-state index contributed by atoms with van der Waals surface area (Å²) in [7, 11) is 0. The molecule has 0 fully saturated rings. The van der Waals surface area contributed by atoms with Crippen LogP contribution in [-0.2, 0) is 17.5 Å². The van der Waals surface area contributed by atoms with Crippen molar-refractivity contribution in [1.82, 2.24) is 9.78 Å². The monoisotopic (exact) mass is 288 g/mol. The molecule has 0 aliphatic rings. The summed E-state index contributed by atoms with van der Waals surface area (Å²) in [5.41, 5.74) is -1.65. The Morgan fingerprint density at radius 3 is 2.50 bits per heavy atom. The summed E-state index contributed by atoms with van der Waals surface area (Å²) in [6.07, 6.45) is -4.73. The average molecular weight is 288 g/mol. The molecule has 1 aromatic heterocycles. The molecule has 0 atom stereocenters. The van der Waals surface area contributed by atoms with Gasteiger partial charge in [-0.05, 0) is 18.2 Å². The molecule has 4 nitrogen and oxygen atoms in total. The van der Waals surface area contributed by atoms with E-state index < -0.39 is 30.2 Å². The fraction of sp³-hybridized carbons (Fsp3) is 0.167. The fourth-order valence-electron chi connectivity index (χ4n) is 1.69. The van der Waals surface area contributed by atoms with E-state index in [1.165, 1.54) is 18.2 Å². The standard InChI is InChI=1S/C12H8F4N2O2/c13-8-4-2-1-3-7(8)9-5-10(12(14,15)16)17-18(9)6-11(19)20/h1-5H,6H2,(H,19,20). The summed E-state index contributed by atoms with van der Waals surface area (Å²) in [4.78, 5) is 10.7. The van der Waals surface area contributed by atoms with Crippen LogP contribution >= 0.6 is 0 Å². The van der Waals surface area contributed by atoms with Crippen LogP contribution in [0.4, 0.5) is 17.6 Å². The second-order valence-electron chi connectivity index (χ2n) is 3.94. The Labute approximate surface area is 110 Å². The summed E-state index contributed by atoms with van der Waals surface area (Å²) >= 11 is 0. The summed E-state index contributed by atoms with van der Waals surface area (Å²) in [5.74, 6) is -2.13. The summed E-state index contributed by atoms with van der Waals surface area (Å²) in [5, 5.41) is 11.9. The fourth-order valence-corrected chi connectivity index (χ4v) is 1.69. The minimum atomic E-state index is -4.73. The zero-order valence-electron chi connectivity index (χ0n) is 9.86. The highest BCUT2D eigenvalue weighted by Crippen LogP contribution is 2.32. The van der Waals surface area contributed by atoms with Crippen molar-refractivity contribution in [2.24, 2.45) is 0 Å². The maximum Gasteiger partial charge on any atom is 0.435 e. The van der Waals surface area contributed by atoms with E-state index in [0.717, 1.165) is 6.07 Å². The first-order valence-electron chi connectivity index (χ1n) is 5.41. The number of alkyl halides is 3. The molecule has 2 rings (SSSR count). The van der Waals surface area contributed by atoms with Crippen LogP contribution in [0.25, 0.3) is 11.3 Å². The van der Waals surface area contributed by atoms with Gasteiger partial charge in [-0.15, -0.1) is 0 Å². The lowest BCUT2D eigenvalue weighted by Crippen LogP contribution is -2.13. The maximum atomic E-state index is 13.6. The van der Waals surface area contributed by atoms with Crippen molar-refractivity contribution in [2.75, 3.05) is 0 Å². The van der Waals surface area contributed by atoms with Crippen molar-refractivity contribution in [3.8, 4) is 11.3 Å². The highest BCUT2D eigenvalue weighted by Gasteiger charge is 2.35. The van der Waals surface area contributed by atoms with E-state index in [-0.39, 0.29) is 11.3 Å². The lowest BCUT2D eigenvalue weighted by molar-refractivity contribution is -0.143. The van der Waals surface area contributed by atoms with Crippen LogP contribution in [0.1, 0.15) is 5.69 Å². The van der Waals surface area contributed by atoms with E-state index in [1.807, 2.05) is 0 Å². The third-order valence-electron chi connectivity index (χ3n) is 2.51. The van der Waals surface area contributed by atoms with Crippen molar-refractivity contribution >= 4 is 5.97 Å². The molecular formula is C12H8F4N2O2. The first-order valence-corrected chi connectivity index (χ1v) is 5.41. The van der Waals surface area contributed by atoms with Gasteiger partial charge in [-0.1, -0.05) is 12.1 Å². The summed E-state index contributed by atoms with van der Waals surface area (Å²) in [6.45, 7) is -0.792. The van der Waals surface area contributed by atoms with Gasteiger partial charge in [0.05, 0.1) is 5.69 Å². The van der Waals surface area contributed by atoms with Crippen LogP contribution in [0.15, 0.2) is 30.3 Å². The first kappa shape index (κ1) is 14.0. The normalized spacial score (nSPS) is 11.6. The molecule has 0 amide bonds. The Morgan fingerprint density at radius 2 is 1.95 bits per heavy atom. The Kier molecular flexibility index (Phi) is 3.47. The number of benzene rings is 1. The number of hydrogen-bond donors (Lipinski definition) is 1. The van der Waals surface area contributed by atoms with E-state index >= 15 is 0 Å². The van der Waals surface area contributed by atoms with Crippen molar-refractivity contribution < 1.29 is 27.5 Å². The average Bonchev–Trinajstić information content (AvgIpc) is 2.72. The number of aromatic nitrogens is 2. The largest absolute Gasteiger partial charge is 0.480 e. The van der Waals surface area contributed by atoms with E-state index in [9.17, 15) is 22.4 Å². The van der Waals surface area contributed by atoms with Gasteiger partial charge in [0.2, 0.25) is 0 Å². The van der Waals surface area contributed by atoms with Gasteiger partial charge in [-0.25, -0.2) is 4.39 Å². The molecule has 1 heterocycles. The zero-order chi connectivity index (χ0) is 14.9. The number of hydrogen-bond acceptors (Lipinski definition) is 2. The minimum absolute atomic E-state index is 0.142. The third-order valence-corrected chi connectivity index (χ3v) is 2.51. The third kappa shape index (κ3) is 2.79. The number of nitrogens with zero attached hydrogens (tertiary/aromatic N) is 2. The highest BCUT2D eigenvalue weighted by molar-refractivity contribution is 5.69. The number of carboxylic acids is 1. The second kappa shape index (κ2) is 4.95. The predicted octanol–water partition coefficient (Wildman–Crippen LogP) is 2.79. The van der Waals surface area contributed by atoms with E-state index in [2.05, 4.69) is 5.10 Å². The second-order valence-corrected chi connectivity index (χ2v) is 3.94. The number of carbonyl (C=O) groups is 1. The molecule has 0 saturated heterocycles. The van der Waals surface area contributed by atoms with Crippen LogP contribution < -0.4 is 0 Å². The molecule has 0 spiro atoms. The smallest absolute Gasteiger partial charge is 0.435 e. The van der Waals surface area contributed by atoms with Gasteiger partial charge in [-0.3, -0.25) is 9.48 Å². The Morgan fingerprint density at radius 1 is 1.30 bits per heavy atom. The van der Waals surface area contributed by atoms with Crippen LogP contribution in [0.2, 0.25) is 0 Å². The number of aliphatic carboxylic acids is 1. The van der Waals surface area contributed by atoms with Crippen molar-refractivity contribution in [3.05, 3.63) is 41.8 Å². The molecule has 1 aromatic carbocycles. The number of rotatable bonds is 3. The molecule has 20 heavy (non-hydrogen) atoms. The first-order chi connectivity index (χ1) is 9.29. The quantitative estimate of drug-likeness (QED) is 0.884. The van der Waals surface area contributed by atoms with Crippen LogP contribution in [0, 0.1) is 5.82 Å². The number of halogens is 4. The minimum Gasteiger partial charge on any atom is -0.480 e. The van der Waals surface area contributed by atoms with Crippen molar-refractivity contribution in [2.45, 2.75) is 12.7 Å². The Balaban J connectivity index is 2.59. The van der Waals surface area contributed by atoms with Gasteiger partial charge in [0.25, 0.3) is 0 Å². The molecule has 0 unspecified atom stereocenters. The molecule has 2 aromatic rings. The topological polar surface area (TPSA) is 55.1 Å². The highest BCUT2D eigenvalue weighted by atomic mass is 19.4. The van der Waals surface area contributed by atoms with Crippen LogP contribution in [0.5, 0.6) is 0 Å². The van der Waals surface area contributed by atoms with E-state index in [1.54, 1.807) is 0 Å². The number of carboxylic acid groups (broad SMARTS) is 1. The summed E-state index contributed by atoms with van der Waals surface area (Å²) < 4.78 is 52.1. The lowest BCUT2D eigenvalue weighted by atomic mass is 10.1. The summed E-state index contributed by atoms with van der Waals surface area (Å²) in [6, 6.07) is 5.76. The van der Waals surface area contributed by atoms with Gasteiger partial charge in [-0.2, -0.15) is 18.3 Å². The van der Waals surface area contributed by atoms with Crippen LogP contribution in [-0.4, -0.2) is 20.9 Å². The molecule has 1 N–H and O–H groups in total. The molecule has 0 aliphatic heterocycles. The zero-order valence-corrected chi connectivity index (χ0v) is 9.86. The SMILES string of the molecule is O=C(O)Cn1nc(C(F)(F)F)cc1-c1ccccc1F. The Bertz CT molecular complexity index is 649. The van der Waals surface area contributed by atoms with E-state index in [0.29, 0.717) is 10.7 Å². The maximum absolute atomic E-state index is 13.6. The molecular weight excluding hydrogens is 280 g/mol. The molecule has 106 valence electrons. The predicted molar refractivity (Wildman–Crippen MR) is 60.3 cm³/mol. The van der Waals surface area contributed by atoms with Gasteiger partial charge in [0.15, 0.2) is 5.69 Å². The molecule has 0 bridgehead atoms. The molecule has 0 radical (unpaired) electrons. The van der Waals surface area contributed by atoms with E-state index in [4.69, 9.17) is 5.11 Å². The van der Waals surface area contributed by atoms with Crippen molar-refractivity contribution in [1.29, 1.82) is 0 Å². The van der Waals surface area contributed by atoms with Crippen molar-refractivity contribution in [3.63, 3.8) is 0 Å². The molecule has 8 heteroatoms. The van der Waals surface area contributed by atoms with Crippen LogP contribution in [0.3, 0.4) is 0 Å². The lowest BCUT2D eigenvalue weighted by Gasteiger charge is -2.05. The molecule has 0 saturated carbocycles. The van der Waals surface area contributed by atoms with Gasteiger partial charge >= 0.3 is 12.1 Å². The Hall–Kier alpha value is -2.38. The molecule has 0 aliphatic carbocycles. The van der Waals surface area contributed by atoms with Gasteiger partial charge in [0.1, 0.15) is 12.4 Å². The van der Waals surface area contributed by atoms with Gasteiger partial charge < -0.3 is 5.11 Å².